The standard InChI is InChI=1S/C31H42O3S2/c1-28(2,3)19-24(29(4,5)6)27(32)34-30(7,8)20-31(9,35)33-23-16-15-22-17-25(36-26(22)18-23)21-13-11-10-12-14-21/h10-18,24,35H,19-20H2,1-9H3. The quantitative estimate of drug-likeness (QED) is 0.180. The average Bonchev–Trinajstić information content (AvgIpc) is 3.13. The second kappa shape index (κ2) is 10.4. The number of esters is 1. The number of ether oxygens (including phenoxy) is 2. The molecule has 0 amide bonds. The van der Waals surface area contributed by atoms with Crippen LogP contribution >= 0.6 is 24.0 Å². The van der Waals surface area contributed by atoms with E-state index in [0.717, 1.165) is 16.9 Å². The van der Waals surface area contributed by atoms with Crippen LogP contribution in [-0.4, -0.2) is 16.5 Å². The first-order valence-electron chi connectivity index (χ1n) is 12.7. The Morgan fingerprint density at radius 1 is 0.917 bits per heavy atom. The lowest BCUT2D eigenvalue weighted by Gasteiger charge is -2.38. The summed E-state index contributed by atoms with van der Waals surface area (Å²) in [6.45, 7) is 18.6. The molecule has 196 valence electrons. The number of carbonyl (C=O) groups excluding carboxylic acids is 1. The number of hydrogen-bond donors (Lipinski definition) is 1. The van der Waals surface area contributed by atoms with Gasteiger partial charge in [-0.3, -0.25) is 4.79 Å². The lowest BCUT2D eigenvalue weighted by molar-refractivity contribution is -0.169. The molecule has 3 rings (SSSR count). The van der Waals surface area contributed by atoms with Gasteiger partial charge in [0.15, 0.2) is 4.93 Å². The van der Waals surface area contributed by atoms with Gasteiger partial charge in [-0.05, 0) is 73.2 Å². The van der Waals surface area contributed by atoms with E-state index in [1.807, 2.05) is 32.9 Å². The zero-order valence-corrected chi connectivity index (χ0v) is 25.0. The zero-order chi connectivity index (χ0) is 26.9. The molecule has 2 aromatic carbocycles. The molecule has 1 aromatic heterocycles. The highest BCUT2D eigenvalue weighted by Gasteiger charge is 2.40. The minimum absolute atomic E-state index is 0.0308. The summed E-state index contributed by atoms with van der Waals surface area (Å²) in [4.78, 5) is 13.7. The first kappa shape index (κ1) is 28.6. The molecule has 0 fully saturated rings. The van der Waals surface area contributed by atoms with Crippen LogP contribution < -0.4 is 4.74 Å². The van der Waals surface area contributed by atoms with Crippen molar-refractivity contribution in [3.8, 4) is 16.2 Å². The van der Waals surface area contributed by atoms with Crippen LogP contribution in [0.3, 0.4) is 0 Å². The highest BCUT2D eigenvalue weighted by Crippen LogP contribution is 2.40. The Labute approximate surface area is 227 Å². The van der Waals surface area contributed by atoms with Gasteiger partial charge in [0.25, 0.3) is 0 Å². The molecule has 0 saturated carbocycles. The molecule has 0 bridgehead atoms. The molecule has 3 nitrogen and oxygen atoms in total. The summed E-state index contributed by atoms with van der Waals surface area (Å²) in [5, 5.41) is 1.19. The summed E-state index contributed by atoms with van der Waals surface area (Å²) in [5.41, 5.74) is 0.324. The molecule has 0 N–H and O–H groups in total. The van der Waals surface area contributed by atoms with Crippen molar-refractivity contribution in [3.63, 3.8) is 0 Å². The predicted molar refractivity (Wildman–Crippen MR) is 157 cm³/mol. The summed E-state index contributed by atoms with van der Waals surface area (Å²) in [6, 6.07) is 18.7. The molecule has 2 atom stereocenters. The molecule has 3 aromatic rings. The number of hydrogen-bond acceptors (Lipinski definition) is 5. The number of thiophene rings is 1. The molecule has 0 saturated heterocycles. The summed E-state index contributed by atoms with van der Waals surface area (Å²) < 4.78 is 13.6. The van der Waals surface area contributed by atoms with E-state index in [1.54, 1.807) is 11.3 Å². The predicted octanol–water partition coefficient (Wildman–Crippen LogP) is 9.40. The topological polar surface area (TPSA) is 35.5 Å². The minimum atomic E-state index is -0.821. The maximum atomic E-state index is 13.3. The van der Waals surface area contributed by atoms with Crippen LogP contribution in [0.1, 0.15) is 75.2 Å². The number of carbonyl (C=O) groups is 1. The Balaban J connectivity index is 1.72. The van der Waals surface area contributed by atoms with Crippen molar-refractivity contribution < 1.29 is 14.3 Å². The third-order valence-corrected chi connectivity index (χ3v) is 7.56. The minimum Gasteiger partial charge on any atom is -0.477 e. The Hall–Kier alpha value is -1.98. The van der Waals surface area contributed by atoms with Gasteiger partial charge in [-0.1, -0.05) is 71.9 Å². The van der Waals surface area contributed by atoms with Crippen LogP contribution in [-0.2, 0) is 9.53 Å². The fourth-order valence-corrected chi connectivity index (χ4v) is 6.22. The van der Waals surface area contributed by atoms with E-state index in [4.69, 9.17) is 22.1 Å². The Morgan fingerprint density at radius 2 is 1.56 bits per heavy atom. The van der Waals surface area contributed by atoms with Gasteiger partial charge in [-0.25, -0.2) is 0 Å². The number of rotatable bonds is 8. The SMILES string of the molecule is CC(C)(C)CC(C(=O)OC(C)(C)CC(C)(S)Oc1ccc2cc(-c3ccccc3)sc2c1)C(C)(C)C. The van der Waals surface area contributed by atoms with Crippen molar-refractivity contribution in [2.75, 3.05) is 0 Å². The van der Waals surface area contributed by atoms with Gasteiger partial charge in [-0.2, -0.15) is 0 Å². The molecular weight excluding hydrogens is 484 g/mol. The van der Waals surface area contributed by atoms with Crippen LogP contribution in [0.25, 0.3) is 20.5 Å². The highest BCUT2D eigenvalue weighted by atomic mass is 32.1. The van der Waals surface area contributed by atoms with Crippen molar-refractivity contribution in [1.29, 1.82) is 0 Å². The third-order valence-electron chi connectivity index (χ3n) is 6.16. The van der Waals surface area contributed by atoms with E-state index in [9.17, 15) is 4.79 Å². The van der Waals surface area contributed by atoms with Gasteiger partial charge < -0.3 is 9.47 Å². The van der Waals surface area contributed by atoms with Gasteiger partial charge in [-0.15, -0.1) is 24.0 Å². The molecule has 36 heavy (non-hydrogen) atoms. The van der Waals surface area contributed by atoms with E-state index < -0.39 is 10.5 Å². The molecule has 5 heteroatoms. The molecule has 0 aliphatic heterocycles. The second-order valence-corrected chi connectivity index (χ2v) is 15.0. The fourth-order valence-electron chi connectivity index (χ4n) is 4.63. The molecule has 0 aliphatic carbocycles. The molecule has 1 heterocycles. The van der Waals surface area contributed by atoms with Gasteiger partial charge in [0.1, 0.15) is 11.4 Å². The lowest BCUT2D eigenvalue weighted by atomic mass is 9.72. The largest absolute Gasteiger partial charge is 0.477 e. The lowest BCUT2D eigenvalue weighted by Crippen LogP contribution is -2.42. The van der Waals surface area contributed by atoms with Gasteiger partial charge in [0.05, 0.1) is 5.92 Å². The van der Waals surface area contributed by atoms with Crippen LogP contribution in [0.2, 0.25) is 0 Å². The summed E-state index contributed by atoms with van der Waals surface area (Å²) >= 11 is 6.59. The summed E-state index contributed by atoms with van der Waals surface area (Å²) in [6.07, 6.45) is 1.21. The van der Waals surface area contributed by atoms with E-state index >= 15 is 0 Å². The smallest absolute Gasteiger partial charge is 0.310 e. The third kappa shape index (κ3) is 8.01. The van der Waals surface area contributed by atoms with Crippen molar-refractivity contribution in [2.24, 2.45) is 16.7 Å². The summed E-state index contributed by atoms with van der Waals surface area (Å²) in [7, 11) is 0. The van der Waals surface area contributed by atoms with E-state index in [-0.39, 0.29) is 22.7 Å². The molecular formula is C31H42O3S2. The maximum Gasteiger partial charge on any atom is 0.310 e. The van der Waals surface area contributed by atoms with Crippen molar-refractivity contribution in [1.82, 2.24) is 0 Å². The maximum absolute atomic E-state index is 13.3. The number of fused-ring (bicyclic) bond motifs is 1. The van der Waals surface area contributed by atoms with Crippen molar-refractivity contribution in [2.45, 2.75) is 85.7 Å². The highest BCUT2D eigenvalue weighted by molar-refractivity contribution is 7.81. The normalized spacial score (nSPS) is 15.4. The molecule has 2 unspecified atom stereocenters. The van der Waals surface area contributed by atoms with E-state index in [1.165, 1.54) is 15.8 Å². The summed E-state index contributed by atoms with van der Waals surface area (Å²) in [5.74, 6) is 0.410. The Morgan fingerprint density at radius 3 is 2.14 bits per heavy atom. The molecule has 0 spiro atoms. The van der Waals surface area contributed by atoms with E-state index in [2.05, 4.69) is 84.0 Å². The second-order valence-electron chi connectivity index (χ2n) is 13.0. The Bertz CT molecular complexity index is 1180. The van der Waals surface area contributed by atoms with Crippen LogP contribution in [0.5, 0.6) is 5.75 Å². The number of thiol groups is 1. The Kier molecular flexibility index (Phi) is 8.27. The van der Waals surface area contributed by atoms with Crippen LogP contribution in [0.15, 0.2) is 54.6 Å². The van der Waals surface area contributed by atoms with E-state index in [0.29, 0.717) is 6.42 Å². The van der Waals surface area contributed by atoms with Crippen LogP contribution in [0.4, 0.5) is 0 Å². The van der Waals surface area contributed by atoms with Crippen LogP contribution in [0, 0.1) is 16.7 Å². The zero-order valence-electron chi connectivity index (χ0n) is 23.3. The van der Waals surface area contributed by atoms with Gasteiger partial charge >= 0.3 is 5.97 Å². The fraction of sp³-hybridized carbons (Fsp3) is 0.516. The van der Waals surface area contributed by atoms with Gasteiger partial charge in [0, 0.05) is 16.0 Å². The number of benzene rings is 2. The first-order valence-corrected chi connectivity index (χ1v) is 13.9. The average molecular weight is 527 g/mol. The molecule has 0 radical (unpaired) electrons. The molecule has 0 aliphatic rings. The first-order chi connectivity index (χ1) is 16.4. The van der Waals surface area contributed by atoms with Crippen molar-refractivity contribution in [3.05, 3.63) is 54.6 Å². The van der Waals surface area contributed by atoms with Gasteiger partial charge in [0.2, 0.25) is 0 Å². The van der Waals surface area contributed by atoms with Crippen molar-refractivity contribution >= 4 is 40.0 Å². The monoisotopic (exact) mass is 526 g/mol.